The number of aryl methyl sites for hydroxylation is 2. The Morgan fingerprint density at radius 2 is 1.88 bits per heavy atom. The van der Waals surface area contributed by atoms with E-state index in [4.69, 9.17) is 14.5 Å². The van der Waals surface area contributed by atoms with Gasteiger partial charge in [-0.1, -0.05) is 17.7 Å². The zero-order valence-electron chi connectivity index (χ0n) is 28.4. The number of ether oxygens (including phenoxy) is 2. The molecule has 2 N–H and O–H groups in total. The Bertz CT molecular complexity index is 1960. The first kappa shape index (κ1) is 34.4. The summed E-state index contributed by atoms with van der Waals surface area (Å²) in [6.07, 6.45) is 4.18. The quantitative estimate of drug-likeness (QED) is 0.272. The maximum atomic E-state index is 13.6. The highest BCUT2D eigenvalue weighted by molar-refractivity contribution is 7.90. The van der Waals surface area contributed by atoms with E-state index in [1.807, 2.05) is 49.1 Å². The van der Waals surface area contributed by atoms with Gasteiger partial charge in [-0.25, -0.2) is 8.42 Å². The number of likely N-dealkylation sites (tertiary alicyclic amines) is 1. The van der Waals surface area contributed by atoms with Crippen molar-refractivity contribution >= 4 is 38.8 Å². The van der Waals surface area contributed by atoms with Gasteiger partial charge in [-0.15, -0.1) is 0 Å². The number of aromatic nitrogens is 1. The summed E-state index contributed by atoms with van der Waals surface area (Å²) in [6.45, 7) is 8.18. The summed E-state index contributed by atoms with van der Waals surface area (Å²) in [5, 5.41) is 3.28. The fraction of sp³-hybridized carbons (Fsp3) is 0.444. The Kier molecular flexibility index (Phi) is 9.94. The number of nitrogens with zero attached hydrogens (tertiary/aromatic N) is 3. The Labute approximate surface area is 286 Å². The van der Waals surface area contributed by atoms with E-state index in [2.05, 4.69) is 15.2 Å². The van der Waals surface area contributed by atoms with Crippen LogP contribution in [-0.2, 0) is 32.3 Å². The summed E-state index contributed by atoms with van der Waals surface area (Å²) in [7, 11) is -3.01. The number of fused-ring (bicyclic) bond motifs is 2. The molecule has 0 radical (unpaired) electrons. The van der Waals surface area contributed by atoms with Gasteiger partial charge in [0, 0.05) is 63.6 Å². The summed E-state index contributed by atoms with van der Waals surface area (Å²) in [6, 6.07) is 11.6. The molecule has 1 amide bonds. The van der Waals surface area contributed by atoms with Crippen LogP contribution in [0.2, 0.25) is 0 Å². The molecule has 4 heterocycles. The third-order valence-electron chi connectivity index (χ3n) is 9.38. The van der Waals surface area contributed by atoms with Crippen LogP contribution in [0.4, 0.5) is 11.4 Å². The second-order valence-electron chi connectivity index (χ2n) is 13.3. The van der Waals surface area contributed by atoms with Gasteiger partial charge in [0.2, 0.25) is 0 Å². The highest BCUT2D eigenvalue weighted by atomic mass is 32.2. The largest absolute Gasteiger partial charge is 0.489 e. The Hall–Kier alpha value is -4.49. The number of H-pyrrole nitrogens is 1. The highest BCUT2D eigenvalue weighted by Crippen LogP contribution is 2.37. The number of piperidine rings is 1. The molecule has 2 aromatic carbocycles. The Morgan fingerprint density at radius 1 is 1.10 bits per heavy atom. The van der Waals surface area contributed by atoms with Crippen LogP contribution in [0.25, 0.3) is 0 Å². The van der Waals surface area contributed by atoms with Crippen LogP contribution in [0.1, 0.15) is 57.9 Å². The van der Waals surface area contributed by atoms with Crippen LogP contribution in [0.15, 0.2) is 52.4 Å². The topological polar surface area (TPSA) is 150 Å². The maximum absolute atomic E-state index is 13.6. The van der Waals surface area contributed by atoms with Gasteiger partial charge in [0.1, 0.15) is 22.2 Å². The molecular formula is C36H43N5O7S. The van der Waals surface area contributed by atoms with Crippen molar-refractivity contribution < 1.29 is 27.5 Å². The van der Waals surface area contributed by atoms with Gasteiger partial charge in [0.15, 0.2) is 6.10 Å². The van der Waals surface area contributed by atoms with E-state index in [9.17, 15) is 22.8 Å². The number of aliphatic imine (C=N–C) groups is 1. The van der Waals surface area contributed by atoms with Gasteiger partial charge in [0.25, 0.3) is 11.5 Å². The van der Waals surface area contributed by atoms with Crippen molar-refractivity contribution in [1.82, 2.24) is 14.8 Å². The van der Waals surface area contributed by atoms with Crippen molar-refractivity contribution in [3.8, 4) is 5.75 Å². The third-order valence-corrected chi connectivity index (χ3v) is 10.3. The van der Waals surface area contributed by atoms with Crippen molar-refractivity contribution in [3.05, 3.63) is 86.3 Å². The van der Waals surface area contributed by atoms with Gasteiger partial charge < -0.3 is 29.6 Å². The van der Waals surface area contributed by atoms with Gasteiger partial charge >= 0.3 is 5.97 Å². The van der Waals surface area contributed by atoms with E-state index < -0.39 is 21.9 Å². The molecule has 6 rings (SSSR count). The average molecular weight is 690 g/mol. The first-order valence-corrected chi connectivity index (χ1v) is 18.7. The lowest BCUT2D eigenvalue weighted by Gasteiger charge is -2.36. The molecule has 49 heavy (non-hydrogen) atoms. The lowest BCUT2D eigenvalue weighted by Crippen LogP contribution is -2.45. The lowest BCUT2D eigenvalue weighted by molar-refractivity contribution is -0.147. The molecule has 1 unspecified atom stereocenters. The second-order valence-corrected chi connectivity index (χ2v) is 15.6. The highest BCUT2D eigenvalue weighted by Gasteiger charge is 2.36. The number of aromatic amines is 1. The van der Waals surface area contributed by atoms with E-state index in [-0.39, 0.29) is 36.4 Å². The van der Waals surface area contributed by atoms with Crippen LogP contribution < -0.4 is 15.6 Å². The summed E-state index contributed by atoms with van der Waals surface area (Å²) in [5.74, 6) is 0.414. The molecule has 1 aromatic heterocycles. The van der Waals surface area contributed by atoms with Crippen molar-refractivity contribution in [2.45, 2.75) is 58.7 Å². The Morgan fingerprint density at radius 3 is 2.59 bits per heavy atom. The van der Waals surface area contributed by atoms with Gasteiger partial charge in [0.05, 0.1) is 34.9 Å². The predicted octanol–water partition coefficient (Wildman–Crippen LogP) is 3.56. The van der Waals surface area contributed by atoms with Crippen LogP contribution in [0.3, 0.4) is 0 Å². The number of benzene rings is 2. The fourth-order valence-corrected chi connectivity index (χ4v) is 7.46. The normalized spacial score (nSPS) is 17.0. The summed E-state index contributed by atoms with van der Waals surface area (Å²) in [4.78, 5) is 50.4. The van der Waals surface area contributed by atoms with E-state index in [1.165, 1.54) is 13.2 Å². The van der Waals surface area contributed by atoms with E-state index >= 15 is 0 Å². The lowest BCUT2D eigenvalue weighted by atomic mass is 10.00. The minimum absolute atomic E-state index is 0.000290. The van der Waals surface area contributed by atoms with Crippen LogP contribution in [-0.4, -0.2) is 97.7 Å². The first-order valence-electron chi connectivity index (χ1n) is 16.6. The predicted molar refractivity (Wildman–Crippen MR) is 188 cm³/mol. The molecule has 1 fully saturated rings. The summed E-state index contributed by atoms with van der Waals surface area (Å²) in [5.41, 5.74) is 6.55. The summed E-state index contributed by atoms with van der Waals surface area (Å²) < 4.78 is 34.7. The number of anilines is 1. The third kappa shape index (κ3) is 8.05. The summed E-state index contributed by atoms with van der Waals surface area (Å²) >= 11 is 0. The molecular weight excluding hydrogens is 646 g/mol. The number of nitrogens with one attached hydrogen (secondary N) is 2. The van der Waals surface area contributed by atoms with Gasteiger partial charge in [-0.05, 0) is 67.6 Å². The molecule has 0 spiro atoms. The number of hydrogen-bond donors (Lipinski definition) is 2. The SMILES string of the molecule is CC(=O)OC(CNc1cc[nH]c(=O)c1C1=Nc2cc3c(cc2C1)C(=O)N(C1CCN(CCS(C)(=O)=O)CC1)C3)COc1ccc(C)cc1C. The number of rotatable bonds is 12. The molecule has 3 aliphatic rings. The molecule has 13 heteroatoms. The molecule has 260 valence electrons. The number of hydrogen-bond acceptors (Lipinski definition) is 10. The van der Waals surface area contributed by atoms with E-state index in [1.54, 1.807) is 12.3 Å². The maximum Gasteiger partial charge on any atom is 0.303 e. The van der Waals surface area contributed by atoms with Gasteiger partial charge in [-0.2, -0.15) is 0 Å². The standard InChI is InChI=1S/C36H43N5O7S/c1-22-5-6-33(23(2)15-22)47-21-28(48-24(3)42)19-38-30-7-10-37-35(43)34(30)32-17-25-16-29-26(18-31(25)39-32)20-41(36(29)44)27-8-11-40(12-9-27)13-14-49(4,45)46/h5-7,10,15-16,18,27-28H,8-9,11-14,17,19-21H2,1-4H3,(H2,37,38,43). The molecule has 0 bridgehead atoms. The average Bonchev–Trinajstić information content (AvgIpc) is 3.60. The van der Waals surface area contributed by atoms with Crippen molar-refractivity contribution in [2.75, 3.05) is 50.1 Å². The number of amides is 1. The minimum Gasteiger partial charge on any atom is -0.489 e. The smallest absolute Gasteiger partial charge is 0.303 e. The molecule has 0 aliphatic carbocycles. The van der Waals surface area contributed by atoms with Crippen molar-refractivity contribution in [1.29, 1.82) is 0 Å². The second kappa shape index (κ2) is 14.2. The molecule has 1 atom stereocenters. The molecule has 3 aromatic rings. The molecule has 3 aliphatic heterocycles. The Balaban J connectivity index is 1.13. The van der Waals surface area contributed by atoms with Crippen molar-refractivity contribution in [2.24, 2.45) is 4.99 Å². The molecule has 12 nitrogen and oxygen atoms in total. The fourth-order valence-electron chi connectivity index (χ4n) is 6.87. The van der Waals surface area contributed by atoms with E-state index in [0.29, 0.717) is 47.8 Å². The first-order chi connectivity index (χ1) is 23.3. The van der Waals surface area contributed by atoms with Crippen LogP contribution in [0, 0.1) is 13.8 Å². The number of pyridine rings is 1. The zero-order chi connectivity index (χ0) is 34.9. The molecule has 1 saturated heterocycles. The van der Waals surface area contributed by atoms with Crippen LogP contribution in [0.5, 0.6) is 5.75 Å². The van der Waals surface area contributed by atoms with Crippen LogP contribution >= 0.6 is 0 Å². The number of carbonyl (C=O) groups excluding carboxylic acids is 2. The number of carbonyl (C=O) groups is 2. The van der Waals surface area contributed by atoms with E-state index in [0.717, 1.165) is 53.9 Å². The monoisotopic (exact) mass is 689 g/mol. The zero-order valence-corrected chi connectivity index (χ0v) is 29.2. The number of esters is 1. The molecule has 0 saturated carbocycles. The number of sulfone groups is 1. The van der Waals surface area contributed by atoms with Gasteiger partial charge in [-0.3, -0.25) is 19.4 Å². The van der Waals surface area contributed by atoms with Crippen molar-refractivity contribution in [3.63, 3.8) is 0 Å². The minimum atomic E-state index is -3.01.